The predicted octanol–water partition coefficient (Wildman–Crippen LogP) is 5.28. The third kappa shape index (κ3) is 3.38. The van der Waals surface area contributed by atoms with Crippen molar-refractivity contribution in [1.29, 1.82) is 0 Å². The Hall–Kier alpha value is -2.09. The van der Waals surface area contributed by atoms with Crippen LogP contribution in [0.15, 0.2) is 42.5 Å². The lowest BCUT2D eigenvalue weighted by Crippen LogP contribution is -2.27. The maximum absolute atomic E-state index is 12.0. The van der Waals surface area contributed by atoms with E-state index >= 15 is 0 Å². The van der Waals surface area contributed by atoms with Gasteiger partial charge in [-0.2, -0.15) is 0 Å². The molecule has 2 unspecified atom stereocenters. The van der Waals surface area contributed by atoms with Crippen molar-refractivity contribution in [3.63, 3.8) is 0 Å². The van der Waals surface area contributed by atoms with Crippen molar-refractivity contribution in [3.8, 4) is 5.75 Å². The van der Waals surface area contributed by atoms with E-state index in [0.29, 0.717) is 0 Å². The molecule has 0 bridgehead atoms. The van der Waals surface area contributed by atoms with Crippen molar-refractivity contribution < 1.29 is 9.53 Å². The second-order valence-corrected chi connectivity index (χ2v) is 6.81. The van der Waals surface area contributed by atoms with E-state index in [2.05, 4.69) is 50.2 Å². The first-order valence-electron chi connectivity index (χ1n) is 9.05. The molecule has 0 saturated carbocycles. The zero-order valence-electron chi connectivity index (χ0n) is 14.8. The van der Waals surface area contributed by atoms with Gasteiger partial charge in [0.15, 0.2) is 0 Å². The molecule has 2 heteroatoms. The average molecular weight is 322 g/mol. The van der Waals surface area contributed by atoms with Crippen LogP contribution in [0.4, 0.5) is 0 Å². The molecule has 0 aliphatic carbocycles. The lowest BCUT2D eigenvalue weighted by Gasteiger charge is -2.24. The second kappa shape index (κ2) is 7.21. The number of ether oxygens (including phenoxy) is 1. The first-order valence-corrected chi connectivity index (χ1v) is 9.05. The summed E-state index contributed by atoms with van der Waals surface area (Å²) >= 11 is 0. The molecule has 2 aromatic rings. The van der Waals surface area contributed by atoms with Crippen LogP contribution in [0.3, 0.4) is 0 Å². The number of hydrogen-bond donors (Lipinski definition) is 0. The highest BCUT2D eigenvalue weighted by Crippen LogP contribution is 2.34. The molecule has 2 aromatic carbocycles. The molecular weight excluding hydrogens is 296 g/mol. The number of aryl methyl sites for hydroxylation is 1. The summed E-state index contributed by atoms with van der Waals surface area (Å²) in [6.07, 6.45) is 3.93. The normalized spacial score (nSPS) is 18.0. The fraction of sp³-hybridized carbons (Fsp3) is 0.409. The summed E-state index contributed by atoms with van der Waals surface area (Å²) in [6.45, 7) is 6.44. The molecule has 1 heterocycles. The first-order chi connectivity index (χ1) is 11.6. The number of esters is 1. The molecule has 1 aliphatic rings. The van der Waals surface area contributed by atoms with Crippen molar-refractivity contribution >= 4 is 5.97 Å². The van der Waals surface area contributed by atoms with E-state index in [0.717, 1.165) is 30.6 Å². The van der Waals surface area contributed by atoms with Crippen LogP contribution >= 0.6 is 0 Å². The highest BCUT2D eigenvalue weighted by Gasteiger charge is 2.27. The Morgan fingerprint density at radius 3 is 2.46 bits per heavy atom. The quantitative estimate of drug-likeness (QED) is 0.553. The first kappa shape index (κ1) is 16.8. The monoisotopic (exact) mass is 322 g/mol. The van der Waals surface area contributed by atoms with Crippen molar-refractivity contribution in [3.05, 3.63) is 64.7 Å². The van der Waals surface area contributed by atoms with E-state index in [1.807, 2.05) is 13.0 Å². The maximum Gasteiger partial charge on any atom is 0.314 e. The van der Waals surface area contributed by atoms with E-state index in [1.54, 1.807) is 0 Å². The van der Waals surface area contributed by atoms with Gasteiger partial charge >= 0.3 is 5.97 Å². The highest BCUT2D eigenvalue weighted by molar-refractivity contribution is 5.78. The third-order valence-electron chi connectivity index (χ3n) is 5.11. The van der Waals surface area contributed by atoms with Crippen molar-refractivity contribution in [2.45, 2.75) is 52.4 Å². The van der Waals surface area contributed by atoms with Gasteiger partial charge in [-0.1, -0.05) is 63.6 Å². The number of rotatable bonds is 5. The Bertz CT molecular complexity index is 715. The van der Waals surface area contributed by atoms with E-state index in [4.69, 9.17) is 4.74 Å². The van der Waals surface area contributed by atoms with Gasteiger partial charge in [-0.05, 0) is 47.6 Å². The smallest absolute Gasteiger partial charge is 0.314 e. The van der Waals surface area contributed by atoms with Gasteiger partial charge in [0.25, 0.3) is 0 Å². The summed E-state index contributed by atoms with van der Waals surface area (Å²) < 4.78 is 5.57. The molecule has 1 aliphatic heterocycles. The molecular formula is C22H26O2. The minimum Gasteiger partial charge on any atom is -0.426 e. The van der Waals surface area contributed by atoms with Gasteiger partial charge in [0.05, 0.1) is 5.92 Å². The largest absolute Gasteiger partial charge is 0.426 e. The van der Waals surface area contributed by atoms with E-state index in [9.17, 15) is 4.79 Å². The minimum absolute atomic E-state index is 0.00637. The van der Waals surface area contributed by atoms with Gasteiger partial charge < -0.3 is 4.74 Å². The number of carbonyl (C=O) groups is 1. The van der Waals surface area contributed by atoms with E-state index in [-0.39, 0.29) is 17.8 Å². The lowest BCUT2D eigenvalue weighted by molar-refractivity contribution is -0.140. The Morgan fingerprint density at radius 2 is 1.79 bits per heavy atom. The molecule has 0 N–H and O–H groups in total. The molecule has 0 radical (unpaired) electrons. The van der Waals surface area contributed by atoms with Gasteiger partial charge in [0.1, 0.15) is 5.75 Å². The van der Waals surface area contributed by atoms with Gasteiger partial charge in [0.2, 0.25) is 0 Å². The fourth-order valence-electron chi connectivity index (χ4n) is 3.41. The molecule has 2 atom stereocenters. The summed E-state index contributed by atoms with van der Waals surface area (Å²) in [6, 6.07) is 15.2. The topological polar surface area (TPSA) is 26.3 Å². The molecule has 3 rings (SSSR count). The van der Waals surface area contributed by atoms with Gasteiger partial charge in [-0.3, -0.25) is 4.79 Å². The molecule has 0 amide bonds. The summed E-state index contributed by atoms with van der Waals surface area (Å²) in [5.74, 6) is 0.954. The van der Waals surface area contributed by atoms with Gasteiger partial charge in [-0.25, -0.2) is 0 Å². The number of benzene rings is 2. The Balaban J connectivity index is 1.82. The second-order valence-electron chi connectivity index (χ2n) is 6.81. The van der Waals surface area contributed by atoms with Crippen LogP contribution in [-0.4, -0.2) is 5.97 Å². The maximum atomic E-state index is 12.0. The highest BCUT2D eigenvalue weighted by atomic mass is 16.5. The van der Waals surface area contributed by atoms with E-state index < -0.39 is 0 Å². The van der Waals surface area contributed by atoms with E-state index in [1.165, 1.54) is 23.1 Å². The van der Waals surface area contributed by atoms with Gasteiger partial charge in [0, 0.05) is 5.92 Å². The van der Waals surface area contributed by atoms with Crippen LogP contribution < -0.4 is 4.74 Å². The Kier molecular flexibility index (Phi) is 5.03. The van der Waals surface area contributed by atoms with Crippen molar-refractivity contribution in [1.82, 2.24) is 0 Å². The Morgan fingerprint density at radius 1 is 1.08 bits per heavy atom. The number of fused-ring (bicyclic) bond motifs is 1. The van der Waals surface area contributed by atoms with Crippen LogP contribution in [0.1, 0.15) is 61.8 Å². The fourth-order valence-corrected chi connectivity index (χ4v) is 3.41. The molecule has 0 spiro atoms. The van der Waals surface area contributed by atoms with Crippen LogP contribution in [0.25, 0.3) is 0 Å². The van der Waals surface area contributed by atoms with Gasteiger partial charge in [-0.15, -0.1) is 0 Å². The molecule has 0 aromatic heterocycles. The minimum atomic E-state index is -0.0845. The summed E-state index contributed by atoms with van der Waals surface area (Å²) in [7, 11) is 0. The molecule has 0 saturated heterocycles. The lowest BCUT2D eigenvalue weighted by atomic mass is 9.88. The SMILES string of the molecule is CCCc1ccc(C(C)c2ccc3c(c2)OC(=O)C(CC)C3)cc1. The molecule has 0 fully saturated rings. The van der Waals surface area contributed by atoms with Crippen molar-refractivity contribution in [2.75, 3.05) is 0 Å². The average Bonchev–Trinajstić information content (AvgIpc) is 2.61. The molecule has 24 heavy (non-hydrogen) atoms. The van der Waals surface area contributed by atoms with Crippen LogP contribution in [0.2, 0.25) is 0 Å². The Labute approximate surface area is 144 Å². The summed E-state index contributed by atoms with van der Waals surface area (Å²) in [5.41, 5.74) is 5.03. The zero-order valence-corrected chi connectivity index (χ0v) is 14.8. The van der Waals surface area contributed by atoms with Crippen LogP contribution in [0.5, 0.6) is 5.75 Å². The van der Waals surface area contributed by atoms with Crippen LogP contribution in [-0.2, 0) is 17.6 Å². The summed E-state index contributed by atoms with van der Waals surface area (Å²) in [5, 5.41) is 0. The third-order valence-corrected chi connectivity index (χ3v) is 5.11. The molecule has 2 nitrogen and oxygen atoms in total. The zero-order chi connectivity index (χ0) is 17.1. The number of hydrogen-bond acceptors (Lipinski definition) is 2. The van der Waals surface area contributed by atoms with Crippen molar-refractivity contribution in [2.24, 2.45) is 5.92 Å². The predicted molar refractivity (Wildman–Crippen MR) is 97.5 cm³/mol. The van der Waals surface area contributed by atoms with Crippen LogP contribution in [0, 0.1) is 5.92 Å². The summed E-state index contributed by atoms with van der Waals surface area (Å²) in [4.78, 5) is 12.0. The molecule has 126 valence electrons. The standard InChI is InChI=1S/C22H26O2/c1-4-6-16-7-9-18(10-8-16)15(3)19-11-12-20-13-17(5-2)22(23)24-21(20)14-19/h7-12,14-15,17H,4-6,13H2,1-3H3. The number of carbonyl (C=O) groups excluding carboxylic acids is 1.